The van der Waals surface area contributed by atoms with Crippen LogP contribution in [0.3, 0.4) is 0 Å². The van der Waals surface area contributed by atoms with E-state index in [0.717, 1.165) is 25.4 Å². The Hall–Kier alpha value is -0.520. The lowest BCUT2D eigenvalue weighted by Gasteiger charge is -2.23. The van der Waals surface area contributed by atoms with Gasteiger partial charge in [0.05, 0.1) is 6.61 Å². The van der Waals surface area contributed by atoms with Crippen LogP contribution in [0.2, 0.25) is 0 Å². The molecule has 2 nitrogen and oxygen atoms in total. The van der Waals surface area contributed by atoms with Gasteiger partial charge in [-0.05, 0) is 25.2 Å². The van der Waals surface area contributed by atoms with Gasteiger partial charge in [-0.3, -0.25) is 0 Å². The van der Waals surface area contributed by atoms with E-state index in [9.17, 15) is 0 Å². The summed E-state index contributed by atoms with van der Waals surface area (Å²) in [5, 5.41) is 3.60. The molecular formula is C12H21NO. The van der Waals surface area contributed by atoms with Crippen molar-refractivity contribution in [2.45, 2.75) is 44.7 Å². The quantitative estimate of drug-likeness (QED) is 0.625. The second kappa shape index (κ2) is 6.06. The van der Waals surface area contributed by atoms with Gasteiger partial charge < -0.3 is 10.1 Å². The van der Waals surface area contributed by atoms with Crippen LogP contribution in [0, 0.1) is 18.3 Å². The van der Waals surface area contributed by atoms with Crippen molar-refractivity contribution in [3.63, 3.8) is 0 Å². The van der Waals surface area contributed by atoms with Crippen LogP contribution in [0.15, 0.2) is 0 Å². The lowest BCUT2D eigenvalue weighted by molar-refractivity contribution is 0.151. The zero-order chi connectivity index (χ0) is 10.4. The molecule has 0 heterocycles. The Morgan fingerprint density at radius 2 is 2.29 bits per heavy atom. The highest BCUT2D eigenvalue weighted by atomic mass is 16.5. The van der Waals surface area contributed by atoms with Gasteiger partial charge in [-0.15, -0.1) is 12.3 Å². The van der Waals surface area contributed by atoms with Crippen molar-refractivity contribution < 1.29 is 4.74 Å². The van der Waals surface area contributed by atoms with Crippen molar-refractivity contribution >= 4 is 0 Å². The Labute approximate surface area is 87.4 Å². The van der Waals surface area contributed by atoms with Gasteiger partial charge >= 0.3 is 0 Å². The third kappa shape index (κ3) is 3.69. The summed E-state index contributed by atoms with van der Waals surface area (Å²) in [5.41, 5.74) is 0. The van der Waals surface area contributed by atoms with Crippen LogP contribution in [0.5, 0.6) is 0 Å². The molecule has 0 aliphatic heterocycles. The number of nitrogens with one attached hydrogen (secondary N) is 1. The van der Waals surface area contributed by atoms with Crippen molar-refractivity contribution in [3.05, 3.63) is 0 Å². The Kier molecular flexibility index (Phi) is 5.00. The summed E-state index contributed by atoms with van der Waals surface area (Å²) in [4.78, 5) is 0. The smallest absolute Gasteiger partial charge is 0.0618 e. The molecule has 1 saturated carbocycles. The van der Waals surface area contributed by atoms with Crippen molar-refractivity contribution in [2.75, 3.05) is 13.7 Å². The fraction of sp³-hybridized carbons (Fsp3) is 0.833. The van der Waals surface area contributed by atoms with E-state index in [1.54, 1.807) is 7.11 Å². The largest absolute Gasteiger partial charge is 0.383 e. The normalized spacial score (nSPS) is 20.1. The highest BCUT2D eigenvalue weighted by Crippen LogP contribution is 2.33. The lowest BCUT2D eigenvalue weighted by Crippen LogP contribution is -2.42. The highest BCUT2D eigenvalue weighted by molar-refractivity contribution is 4.93. The molecule has 1 aliphatic rings. The maximum absolute atomic E-state index is 5.33. The standard InChI is InChI=1S/C12H21NO/c1-4-6-11(5-2)13-12(9-14-3)10-7-8-10/h1,10-13H,5-9H2,2-3H3. The van der Waals surface area contributed by atoms with Crippen LogP contribution in [0.1, 0.15) is 32.6 Å². The monoisotopic (exact) mass is 195 g/mol. The number of methoxy groups -OCH3 is 1. The predicted octanol–water partition coefficient (Wildman–Crippen LogP) is 1.80. The molecule has 2 unspecified atom stereocenters. The Balaban J connectivity index is 2.32. The molecule has 1 aliphatic carbocycles. The molecule has 14 heavy (non-hydrogen) atoms. The summed E-state index contributed by atoms with van der Waals surface area (Å²) in [5.74, 6) is 3.54. The minimum absolute atomic E-state index is 0.459. The third-order valence-corrected chi connectivity index (χ3v) is 2.84. The van der Waals surface area contributed by atoms with Gasteiger partial charge in [0.25, 0.3) is 0 Å². The maximum Gasteiger partial charge on any atom is 0.0618 e. The first kappa shape index (κ1) is 11.6. The average Bonchev–Trinajstić information content (AvgIpc) is 2.99. The van der Waals surface area contributed by atoms with Gasteiger partial charge in [0, 0.05) is 25.6 Å². The molecular weight excluding hydrogens is 174 g/mol. The van der Waals surface area contributed by atoms with Gasteiger partial charge in [-0.2, -0.15) is 0 Å². The van der Waals surface area contributed by atoms with Gasteiger partial charge in [0.1, 0.15) is 0 Å². The number of rotatable bonds is 7. The van der Waals surface area contributed by atoms with Crippen LogP contribution in [0.25, 0.3) is 0 Å². The molecule has 2 atom stereocenters. The molecule has 0 aromatic heterocycles. The summed E-state index contributed by atoms with van der Waals surface area (Å²) in [6.45, 7) is 2.98. The first-order valence-corrected chi connectivity index (χ1v) is 5.50. The summed E-state index contributed by atoms with van der Waals surface area (Å²) >= 11 is 0. The molecule has 2 heteroatoms. The summed E-state index contributed by atoms with van der Waals surface area (Å²) < 4.78 is 5.21. The Morgan fingerprint density at radius 1 is 1.57 bits per heavy atom. The van der Waals surface area contributed by atoms with Crippen molar-refractivity contribution in [3.8, 4) is 12.3 Å². The zero-order valence-electron chi connectivity index (χ0n) is 9.25. The minimum atomic E-state index is 0.459. The molecule has 0 amide bonds. The molecule has 1 rings (SSSR count). The molecule has 1 N–H and O–H groups in total. The van der Waals surface area contributed by atoms with E-state index in [0.29, 0.717) is 12.1 Å². The second-order valence-electron chi connectivity index (χ2n) is 4.08. The molecule has 0 aromatic carbocycles. The second-order valence-corrected chi connectivity index (χ2v) is 4.08. The van der Waals surface area contributed by atoms with Gasteiger partial charge in [0.15, 0.2) is 0 Å². The first-order chi connectivity index (χ1) is 6.81. The van der Waals surface area contributed by atoms with E-state index in [2.05, 4.69) is 18.2 Å². The molecule has 0 saturated heterocycles. The molecule has 0 radical (unpaired) electrons. The van der Waals surface area contributed by atoms with E-state index in [-0.39, 0.29) is 0 Å². The number of ether oxygens (including phenoxy) is 1. The van der Waals surface area contributed by atoms with Crippen molar-refractivity contribution in [1.82, 2.24) is 5.32 Å². The summed E-state index contributed by atoms with van der Waals surface area (Å²) in [6, 6.07) is 0.971. The van der Waals surface area contributed by atoms with Gasteiger partial charge in [-0.1, -0.05) is 6.92 Å². The Bertz CT molecular complexity index is 193. The molecule has 1 fully saturated rings. The highest BCUT2D eigenvalue weighted by Gasteiger charge is 2.31. The fourth-order valence-corrected chi connectivity index (χ4v) is 1.76. The SMILES string of the molecule is C#CCC(CC)NC(COC)C1CC1. The van der Waals surface area contributed by atoms with Crippen LogP contribution in [0.4, 0.5) is 0 Å². The van der Waals surface area contributed by atoms with Gasteiger partial charge in [0.2, 0.25) is 0 Å². The first-order valence-electron chi connectivity index (χ1n) is 5.50. The number of hydrogen-bond acceptors (Lipinski definition) is 2. The van der Waals surface area contributed by atoms with Crippen LogP contribution in [-0.4, -0.2) is 25.8 Å². The van der Waals surface area contributed by atoms with E-state index in [1.807, 2.05) is 0 Å². The number of terminal acetylenes is 1. The zero-order valence-corrected chi connectivity index (χ0v) is 9.25. The van der Waals surface area contributed by atoms with Gasteiger partial charge in [-0.25, -0.2) is 0 Å². The van der Waals surface area contributed by atoms with Crippen molar-refractivity contribution in [1.29, 1.82) is 0 Å². The predicted molar refractivity (Wildman–Crippen MR) is 59.1 cm³/mol. The minimum Gasteiger partial charge on any atom is -0.383 e. The van der Waals surface area contributed by atoms with Crippen molar-refractivity contribution in [2.24, 2.45) is 5.92 Å². The summed E-state index contributed by atoms with van der Waals surface area (Å²) in [7, 11) is 1.76. The van der Waals surface area contributed by atoms with E-state index in [1.165, 1.54) is 12.8 Å². The van der Waals surface area contributed by atoms with E-state index >= 15 is 0 Å². The topological polar surface area (TPSA) is 21.3 Å². The summed E-state index contributed by atoms with van der Waals surface area (Å²) in [6.07, 6.45) is 9.92. The third-order valence-electron chi connectivity index (χ3n) is 2.84. The maximum atomic E-state index is 5.33. The fourth-order valence-electron chi connectivity index (χ4n) is 1.76. The van der Waals surface area contributed by atoms with Crippen LogP contribution < -0.4 is 5.32 Å². The molecule has 0 spiro atoms. The lowest BCUT2D eigenvalue weighted by atomic mass is 10.1. The molecule has 0 bridgehead atoms. The van der Waals surface area contributed by atoms with Crippen LogP contribution in [-0.2, 0) is 4.74 Å². The molecule has 80 valence electrons. The van der Waals surface area contributed by atoms with E-state index in [4.69, 9.17) is 11.2 Å². The average molecular weight is 195 g/mol. The van der Waals surface area contributed by atoms with E-state index < -0.39 is 0 Å². The van der Waals surface area contributed by atoms with Crippen LogP contribution >= 0.6 is 0 Å². The Morgan fingerprint density at radius 3 is 2.71 bits per heavy atom. The number of hydrogen-bond donors (Lipinski definition) is 1. The molecule has 0 aromatic rings.